The Balaban J connectivity index is 1.64. The molecule has 0 atom stereocenters. The van der Waals surface area contributed by atoms with E-state index in [0.717, 1.165) is 0 Å². The Labute approximate surface area is 156 Å². The second-order valence-electron chi connectivity index (χ2n) is 6.29. The van der Waals surface area contributed by atoms with Crippen LogP contribution < -0.4 is 15.8 Å². The number of carbonyl (C=O) groups excluding carboxylic acids is 1. The molecule has 2 N–H and O–H groups in total. The van der Waals surface area contributed by atoms with Crippen molar-refractivity contribution in [3.63, 3.8) is 0 Å². The number of nitriles is 1. The molecular weight excluding hydrogens is 346 g/mol. The van der Waals surface area contributed by atoms with E-state index < -0.39 is 0 Å². The van der Waals surface area contributed by atoms with Crippen molar-refractivity contribution >= 4 is 17.5 Å². The summed E-state index contributed by atoms with van der Waals surface area (Å²) in [7, 11) is 0. The first kappa shape index (κ1) is 18.6. The van der Waals surface area contributed by atoms with Gasteiger partial charge in [0.25, 0.3) is 5.56 Å². The van der Waals surface area contributed by atoms with Gasteiger partial charge in [-0.2, -0.15) is 5.26 Å². The molecule has 3 rings (SSSR count). The van der Waals surface area contributed by atoms with Crippen molar-refractivity contribution in [2.45, 2.75) is 19.8 Å². The second-order valence-corrected chi connectivity index (χ2v) is 6.29. The number of H-pyrrole nitrogens is 1. The molecule has 1 aliphatic rings. The number of amides is 1. The summed E-state index contributed by atoms with van der Waals surface area (Å²) in [5.74, 6) is 0.323. The number of morpholine rings is 1. The van der Waals surface area contributed by atoms with Gasteiger partial charge in [-0.15, -0.1) is 0 Å². The van der Waals surface area contributed by atoms with Crippen molar-refractivity contribution in [1.29, 1.82) is 5.26 Å². The minimum Gasteiger partial charge on any atom is -0.378 e. The Hall–Kier alpha value is -3.18. The van der Waals surface area contributed by atoms with Gasteiger partial charge in [0, 0.05) is 36.5 Å². The van der Waals surface area contributed by atoms with Crippen molar-refractivity contribution < 1.29 is 9.53 Å². The van der Waals surface area contributed by atoms with E-state index >= 15 is 0 Å². The number of aromatic amines is 1. The minimum absolute atomic E-state index is 0.152. The summed E-state index contributed by atoms with van der Waals surface area (Å²) in [6, 6.07) is 8.72. The van der Waals surface area contributed by atoms with Gasteiger partial charge in [-0.05, 0) is 31.5 Å². The van der Waals surface area contributed by atoms with Gasteiger partial charge in [0.1, 0.15) is 0 Å². The number of anilines is 2. The lowest BCUT2D eigenvalue weighted by molar-refractivity contribution is -0.116. The third-order valence-electron chi connectivity index (χ3n) is 4.40. The number of nitrogens with zero attached hydrogens (tertiary/aromatic N) is 3. The summed E-state index contributed by atoms with van der Waals surface area (Å²) < 4.78 is 5.31. The first-order chi connectivity index (χ1) is 13.1. The zero-order valence-corrected chi connectivity index (χ0v) is 15.1. The predicted molar refractivity (Wildman–Crippen MR) is 101 cm³/mol. The zero-order valence-electron chi connectivity index (χ0n) is 15.1. The van der Waals surface area contributed by atoms with Crippen molar-refractivity contribution in [2.75, 3.05) is 36.5 Å². The molecule has 140 valence electrons. The summed E-state index contributed by atoms with van der Waals surface area (Å²) in [5.41, 5.74) is 1.95. The van der Waals surface area contributed by atoms with Gasteiger partial charge in [0.15, 0.2) is 0 Å². The summed E-state index contributed by atoms with van der Waals surface area (Å²) >= 11 is 0. The van der Waals surface area contributed by atoms with Gasteiger partial charge in [-0.3, -0.25) is 14.6 Å². The number of ether oxygens (including phenoxy) is 1. The summed E-state index contributed by atoms with van der Waals surface area (Å²) in [5, 5.41) is 11.7. The number of hydrogen-bond acceptors (Lipinski definition) is 6. The van der Waals surface area contributed by atoms with Crippen LogP contribution in [0.5, 0.6) is 0 Å². The Morgan fingerprint density at radius 1 is 1.41 bits per heavy atom. The average molecular weight is 367 g/mol. The second kappa shape index (κ2) is 8.47. The van der Waals surface area contributed by atoms with Crippen LogP contribution in [0.3, 0.4) is 0 Å². The van der Waals surface area contributed by atoms with E-state index in [0.29, 0.717) is 61.2 Å². The molecule has 8 nitrogen and oxygen atoms in total. The molecule has 1 amide bonds. The van der Waals surface area contributed by atoms with Gasteiger partial charge < -0.3 is 15.0 Å². The van der Waals surface area contributed by atoms with Crippen LogP contribution in [0.2, 0.25) is 0 Å². The maximum atomic E-state index is 12.4. The molecule has 1 aromatic heterocycles. The van der Waals surface area contributed by atoms with E-state index in [1.807, 2.05) is 11.0 Å². The first-order valence-electron chi connectivity index (χ1n) is 8.79. The normalized spacial score (nSPS) is 13.9. The highest BCUT2D eigenvalue weighted by molar-refractivity contribution is 5.91. The largest absolute Gasteiger partial charge is 0.378 e. The highest BCUT2D eigenvalue weighted by Gasteiger charge is 2.16. The van der Waals surface area contributed by atoms with Crippen LogP contribution in [0.25, 0.3) is 0 Å². The number of rotatable bonds is 5. The number of nitrogens with one attached hydrogen (secondary N) is 2. The zero-order chi connectivity index (χ0) is 19.2. The Kier molecular flexibility index (Phi) is 5.84. The van der Waals surface area contributed by atoms with Crippen molar-refractivity contribution in [3.8, 4) is 6.07 Å². The number of aryl methyl sites for hydroxylation is 1. The summed E-state index contributed by atoms with van der Waals surface area (Å²) in [6.07, 6.45) is 0.445. The van der Waals surface area contributed by atoms with Crippen molar-refractivity contribution in [1.82, 2.24) is 9.97 Å². The fraction of sp³-hybridized carbons (Fsp3) is 0.368. The fourth-order valence-corrected chi connectivity index (χ4v) is 2.94. The molecule has 8 heteroatoms. The molecule has 0 unspecified atom stereocenters. The van der Waals surface area contributed by atoms with Crippen LogP contribution in [0.1, 0.15) is 23.2 Å². The van der Waals surface area contributed by atoms with Gasteiger partial charge in [0.05, 0.1) is 24.8 Å². The van der Waals surface area contributed by atoms with E-state index in [9.17, 15) is 9.59 Å². The van der Waals surface area contributed by atoms with Crippen LogP contribution in [-0.2, 0) is 16.0 Å². The number of hydrogen-bond donors (Lipinski definition) is 2. The molecule has 1 aliphatic heterocycles. The maximum Gasteiger partial charge on any atom is 0.255 e. The van der Waals surface area contributed by atoms with Crippen LogP contribution >= 0.6 is 0 Å². The fourth-order valence-electron chi connectivity index (χ4n) is 2.94. The van der Waals surface area contributed by atoms with Crippen molar-refractivity contribution in [3.05, 3.63) is 51.4 Å². The molecule has 2 aromatic rings. The van der Waals surface area contributed by atoms with Gasteiger partial charge in [-0.25, -0.2) is 4.98 Å². The molecule has 27 heavy (non-hydrogen) atoms. The van der Waals surface area contributed by atoms with Gasteiger partial charge in [-0.1, -0.05) is 6.07 Å². The molecule has 0 spiro atoms. The number of carbonyl (C=O) groups is 1. The van der Waals surface area contributed by atoms with Crippen LogP contribution in [0.15, 0.2) is 29.1 Å². The van der Waals surface area contributed by atoms with E-state index in [1.54, 1.807) is 31.2 Å². The van der Waals surface area contributed by atoms with Crippen molar-refractivity contribution in [2.24, 2.45) is 0 Å². The summed E-state index contributed by atoms with van der Waals surface area (Å²) in [6.45, 7) is 4.37. The lowest BCUT2D eigenvalue weighted by atomic mass is 10.1. The lowest BCUT2D eigenvalue weighted by Crippen LogP contribution is -2.38. The average Bonchev–Trinajstić information content (AvgIpc) is 2.68. The molecule has 1 saturated heterocycles. The molecule has 0 aliphatic carbocycles. The van der Waals surface area contributed by atoms with Crippen LogP contribution in [0.4, 0.5) is 11.6 Å². The quantitative estimate of drug-likeness (QED) is 0.825. The smallest absolute Gasteiger partial charge is 0.255 e. The minimum atomic E-state index is -0.221. The Morgan fingerprint density at radius 2 is 2.19 bits per heavy atom. The first-order valence-corrected chi connectivity index (χ1v) is 8.79. The maximum absolute atomic E-state index is 12.4. The van der Waals surface area contributed by atoms with Gasteiger partial charge >= 0.3 is 0 Å². The Morgan fingerprint density at radius 3 is 2.89 bits per heavy atom. The third kappa shape index (κ3) is 4.71. The van der Waals surface area contributed by atoms with E-state index in [1.165, 1.54) is 0 Å². The monoisotopic (exact) mass is 367 g/mol. The van der Waals surface area contributed by atoms with E-state index in [-0.39, 0.29) is 17.9 Å². The lowest BCUT2D eigenvalue weighted by Gasteiger charge is -2.27. The molecule has 0 bridgehead atoms. The van der Waals surface area contributed by atoms with E-state index in [2.05, 4.69) is 15.3 Å². The van der Waals surface area contributed by atoms with Crippen LogP contribution in [-0.4, -0.2) is 42.2 Å². The summed E-state index contributed by atoms with van der Waals surface area (Å²) in [4.78, 5) is 33.9. The highest BCUT2D eigenvalue weighted by atomic mass is 16.5. The SMILES string of the molecule is Cc1nc(N2CCOCC2)[nH]c(=O)c1CCC(=O)Nc1cccc(C#N)c1. The molecule has 2 heterocycles. The molecule has 1 aromatic carbocycles. The third-order valence-corrected chi connectivity index (χ3v) is 4.40. The molecular formula is C19H21N5O3. The predicted octanol–water partition coefficient (Wildman–Crippen LogP) is 1.36. The van der Waals surface area contributed by atoms with E-state index in [4.69, 9.17) is 10.00 Å². The highest BCUT2D eigenvalue weighted by Crippen LogP contribution is 2.13. The number of aromatic nitrogens is 2. The standard InChI is InChI=1S/C19H21N5O3/c1-13-16(18(26)23-19(21-13)24-7-9-27-10-8-24)5-6-17(25)22-15-4-2-3-14(11-15)12-20/h2-4,11H,5-10H2,1H3,(H,22,25)(H,21,23,26). The van der Waals surface area contributed by atoms with Gasteiger partial charge in [0.2, 0.25) is 11.9 Å². The molecule has 1 fully saturated rings. The van der Waals surface area contributed by atoms with Crippen LogP contribution in [0, 0.1) is 18.3 Å². The Bertz CT molecular complexity index is 926. The molecule has 0 saturated carbocycles. The topological polar surface area (TPSA) is 111 Å². The molecule has 0 radical (unpaired) electrons. The number of benzene rings is 1.